The van der Waals surface area contributed by atoms with Crippen LogP contribution in [0, 0.1) is 19.8 Å². The quantitative estimate of drug-likeness (QED) is 0.783. The summed E-state index contributed by atoms with van der Waals surface area (Å²) in [6, 6.07) is 1.97. The third-order valence-electron chi connectivity index (χ3n) is 3.77. The van der Waals surface area contributed by atoms with Crippen molar-refractivity contribution < 1.29 is 13.9 Å². The van der Waals surface area contributed by atoms with Crippen LogP contribution in [-0.2, 0) is 22.5 Å². The van der Waals surface area contributed by atoms with Gasteiger partial charge in [-0.25, -0.2) is 0 Å². The largest absolute Gasteiger partial charge is 0.469 e. The van der Waals surface area contributed by atoms with Gasteiger partial charge in [0, 0.05) is 13.0 Å². The van der Waals surface area contributed by atoms with Crippen molar-refractivity contribution in [2.24, 2.45) is 5.92 Å². The van der Waals surface area contributed by atoms with Crippen molar-refractivity contribution in [3.63, 3.8) is 0 Å². The average molecular weight is 275 g/mol. The van der Waals surface area contributed by atoms with Gasteiger partial charge in [-0.05, 0) is 26.3 Å². The Balaban J connectivity index is 1.94. The summed E-state index contributed by atoms with van der Waals surface area (Å²) in [5.74, 6) is 3.07. The molecule has 0 saturated carbocycles. The molecule has 0 saturated heterocycles. The van der Waals surface area contributed by atoms with E-state index in [0.717, 1.165) is 41.7 Å². The predicted molar refractivity (Wildman–Crippen MR) is 71.0 cm³/mol. The minimum absolute atomic E-state index is 0.114. The average Bonchev–Trinajstić information content (AvgIpc) is 2.99. The highest BCUT2D eigenvalue weighted by molar-refractivity contribution is 5.72. The number of esters is 1. The second-order valence-electron chi connectivity index (χ2n) is 5.13. The van der Waals surface area contributed by atoms with Crippen molar-refractivity contribution in [1.82, 2.24) is 14.8 Å². The van der Waals surface area contributed by atoms with Crippen LogP contribution in [-0.4, -0.2) is 27.8 Å². The fourth-order valence-electron chi connectivity index (χ4n) is 2.75. The van der Waals surface area contributed by atoms with E-state index in [0.29, 0.717) is 6.42 Å². The van der Waals surface area contributed by atoms with Crippen LogP contribution in [0.1, 0.15) is 23.8 Å². The summed E-state index contributed by atoms with van der Waals surface area (Å²) in [6.07, 6.45) is 1.33. The molecule has 0 radical (unpaired) electrons. The van der Waals surface area contributed by atoms with Crippen LogP contribution < -0.4 is 0 Å². The molecule has 106 valence electrons. The Morgan fingerprint density at radius 2 is 2.25 bits per heavy atom. The molecule has 0 spiro atoms. The van der Waals surface area contributed by atoms with Gasteiger partial charge in [-0.1, -0.05) is 0 Å². The highest BCUT2D eigenvalue weighted by atomic mass is 16.5. The maximum Gasteiger partial charge on any atom is 0.309 e. The van der Waals surface area contributed by atoms with Gasteiger partial charge in [0.15, 0.2) is 5.82 Å². The third kappa shape index (κ3) is 2.01. The number of ether oxygens (including phenoxy) is 1. The lowest BCUT2D eigenvalue weighted by Gasteiger charge is -2.21. The topological polar surface area (TPSA) is 70.2 Å². The van der Waals surface area contributed by atoms with Crippen molar-refractivity contribution in [2.75, 3.05) is 7.11 Å². The minimum atomic E-state index is -0.170. The molecule has 0 fully saturated rings. The molecule has 0 N–H and O–H groups in total. The smallest absolute Gasteiger partial charge is 0.309 e. The lowest BCUT2D eigenvalue weighted by Crippen LogP contribution is -2.27. The molecule has 3 heterocycles. The van der Waals surface area contributed by atoms with Crippen LogP contribution in [0.4, 0.5) is 0 Å². The number of carbonyl (C=O) groups excluding carboxylic acids is 1. The monoisotopic (exact) mass is 275 g/mol. The van der Waals surface area contributed by atoms with Gasteiger partial charge < -0.3 is 13.7 Å². The first-order chi connectivity index (χ1) is 9.60. The van der Waals surface area contributed by atoms with Crippen molar-refractivity contribution in [1.29, 1.82) is 0 Å². The molecule has 20 heavy (non-hydrogen) atoms. The van der Waals surface area contributed by atoms with E-state index in [1.54, 1.807) is 0 Å². The number of hydrogen-bond donors (Lipinski definition) is 0. The standard InChI is InChI=1S/C14H17N3O3/c1-8-6-11(9(2)20-8)13-16-15-12-7-10(14(18)19-3)4-5-17(12)13/h6,10H,4-5,7H2,1-3H3. The Labute approximate surface area is 116 Å². The molecule has 1 aliphatic heterocycles. The molecule has 1 unspecified atom stereocenters. The Morgan fingerprint density at radius 3 is 2.90 bits per heavy atom. The number of rotatable bonds is 2. The predicted octanol–water partition coefficient (Wildman–Crippen LogP) is 1.89. The molecule has 3 rings (SSSR count). The normalized spacial score (nSPS) is 17.9. The number of nitrogens with zero attached hydrogens (tertiary/aromatic N) is 3. The summed E-state index contributed by atoms with van der Waals surface area (Å²) in [5, 5.41) is 8.48. The zero-order chi connectivity index (χ0) is 14.3. The van der Waals surface area contributed by atoms with Gasteiger partial charge in [0.1, 0.15) is 17.3 Å². The Morgan fingerprint density at radius 1 is 1.45 bits per heavy atom. The van der Waals surface area contributed by atoms with E-state index in [1.165, 1.54) is 7.11 Å². The molecule has 1 aliphatic rings. The molecule has 1 atom stereocenters. The Kier molecular flexibility index (Phi) is 3.08. The van der Waals surface area contributed by atoms with Crippen molar-refractivity contribution in [3.05, 3.63) is 23.4 Å². The van der Waals surface area contributed by atoms with Crippen LogP contribution in [0.3, 0.4) is 0 Å². The fourth-order valence-corrected chi connectivity index (χ4v) is 2.75. The van der Waals surface area contributed by atoms with Crippen LogP contribution in [0.25, 0.3) is 11.4 Å². The summed E-state index contributed by atoms with van der Waals surface area (Å²) in [6.45, 7) is 4.56. The van der Waals surface area contributed by atoms with Gasteiger partial charge in [-0.3, -0.25) is 4.79 Å². The highest BCUT2D eigenvalue weighted by Gasteiger charge is 2.29. The second kappa shape index (κ2) is 4.77. The molecular weight excluding hydrogens is 258 g/mol. The first-order valence-corrected chi connectivity index (χ1v) is 6.67. The van der Waals surface area contributed by atoms with E-state index in [2.05, 4.69) is 14.8 Å². The minimum Gasteiger partial charge on any atom is -0.469 e. The zero-order valence-corrected chi connectivity index (χ0v) is 11.8. The summed E-state index contributed by atoms with van der Waals surface area (Å²) in [4.78, 5) is 11.6. The zero-order valence-electron chi connectivity index (χ0n) is 11.8. The first kappa shape index (κ1) is 12.9. The molecule has 2 aromatic rings. The SMILES string of the molecule is COC(=O)C1CCn2c(nnc2-c2cc(C)oc2C)C1. The number of fused-ring (bicyclic) bond motifs is 1. The second-order valence-corrected chi connectivity index (χ2v) is 5.13. The third-order valence-corrected chi connectivity index (χ3v) is 3.77. The summed E-state index contributed by atoms with van der Waals surface area (Å²) >= 11 is 0. The van der Waals surface area contributed by atoms with Gasteiger partial charge in [0.2, 0.25) is 0 Å². The number of methoxy groups -OCH3 is 1. The van der Waals surface area contributed by atoms with Crippen LogP contribution >= 0.6 is 0 Å². The van der Waals surface area contributed by atoms with Gasteiger partial charge in [-0.15, -0.1) is 10.2 Å². The van der Waals surface area contributed by atoms with E-state index < -0.39 is 0 Å². The maximum absolute atomic E-state index is 11.6. The molecule has 0 amide bonds. The lowest BCUT2D eigenvalue weighted by molar-refractivity contribution is -0.146. The van der Waals surface area contributed by atoms with Crippen molar-refractivity contribution in [2.45, 2.75) is 33.2 Å². The Hall–Kier alpha value is -2.11. The molecule has 6 heteroatoms. The first-order valence-electron chi connectivity index (χ1n) is 6.67. The van der Waals surface area contributed by atoms with E-state index in [4.69, 9.17) is 9.15 Å². The van der Waals surface area contributed by atoms with E-state index in [-0.39, 0.29) is 11.9 Å². The van der Waals surface area contributed by atoms with Gasteiger partial charge in [0.05, 0.1) is 18.6 Å². The van der Waals surface area contributed by atoms with Gasteiger partial charge >= 0.3 is 5.97 Å². The van der Waals surface area contributed by atoms with Gasteiger partial charge in [0.25, 0.3) is 0 Å². The summed E-state index contributed by atoms with van der Waals surface area (Å²) in [7, 11) is 1.42. The number of aromatic nitrogens is 3. The highest BCUT2D eigenvalue weighted by Crippen LogP contribution is 2.29. The van der Waals surface area contributed by atoms with Crippen molar-refractivity contribution in [3.8, 4) is 11.4 Å². The van der Waals surface area contributed by atoms with Gasteiger partial charge in [-0.2, -0.15) is 0 Å². The molecular formula is C14H17N3O3. The van der Waals surface area contributed by atoms with Crippen LogP contribution in [0.5, 0.6) is 0 Å². The summed E-state index contributed by atoms with van der Waals surface area (Å²) < 4.78 is 12.4. The van der Waals surface area contributed by atoms with E-state index >= 15 is 0 Å². The molecule has 0 aromatic carbocycles. The Bertz CT molecular complexity index is 657. The fraction of sp³-hybridized carbons (Fsp3) is 0.500. The van der Waals surface area contributed by atoms with Crippen molar-refractivity contribution >= 4 is 5.97 Å². The van der Waals surface area contributed by atoms with Crippen LogP contribution in [0.15, 0.2) is 10.5 Å². The molecule has 0 bridgehead atoms. The maximum atomic E-state index is 11.6. The van der Waals surface area contributed by atoms with E-state index in [9.17, 15) is 4.79 Å². The number of furan rings is 1. The van der Waals surface area contributed by atoms with E-state index in [1.807, 2.05) is 19.9 Å². The molecule has 2 aromatic heterocycles. The molecule has 0 aliphatic carbocycles. The number of carbonyl (C=O) groups is 1. The summed E-state index contributed by atoms with van der Waals surface area (Å²) in [5.41, 5.74) is 0.970. The lowest BCUT2D eigenvalue weighted by atomic mass is 9.98. The van der Waals surface area contributed by atoms with Crippen LogP contribution in [0.2, 0.25) is 0 Å². The number of hydrogen-bond acceptors (Lipinski definition) is 5. The molecule has 6 nitrogen and oxygen atoms in total. The number of aryl methyl sites for hydroxylation is 2.